The first-order chi connectivity index (χ1) is 10.6. The summed E-state index contributed by atoms with van der Waals surface area (Å²) in [6.45, 7) is 0. The van der Waals surface area contributed by atoms with Crippen molar-refractivity contribution in [2.75, 3.05) is 17.3 Å². The first-order valence-electron chi connectivity index (χ1n) is 7.61. The quantitative estimate of drug-likeness (QED) is 0.749. The normalized spacial score (nSPS) is 15.8. The number of nitrogens with two attached hydrogens (primary N) is 1. The van der Waals surface area contributed by atoms with Gasteiger partial charge in [-0.2, -0.15) is 11.8 Å². The first-order valence-corrected chi connectivity index (χ1v) is 9.39. The highest BCUT2D eigenvalue weighted by Gasteiger charge is 2.18. The number of hydrogen-bond acceptors (Lipinski definition) is 4. The zero-order chi connectivity index (χ0) is 15.9. The van der Waals surface area contributed by atoms with Crippen LogP contribution >= 0.6 is 35.8 Å². The number of halogens is 2. The number of carbonyl (C=O) groups is 1. The molecule has 1 aliphatic rings. The molecule has 3 N–H and O–H groups in total. The van der Waals surface area contributed by atoms with Crippen molar-refractivity contribution >= 4 is 47.4 Å². The molecule has 1 fully saturated rings. The lowest BCUT2D eigenvalue weighted by molar-refractivity contribution is -0.117. The van der Waals surface area contributed by atoms with Gasteiger partial charge in [0.25, 0.3) is 0 Å². The molecule has 1 aromatic rings. The Morgan fingerprint density at radius 3 is 2.78 bits per heavy atom. The fourth-order valence-electron chi connectivity index (χ4n) is 2.47. The van der Waals surface area contributed by atoms with Gasteiger partial charge in [-0.25, -0.2) is 0 Å². The van der Waals surface area contributed by atoms with E-state index < -0.39 is 6.04 Å². The lowest BCUT2D eigenvalue weighted by Crippen LogP contribution is -2.36. The third kappa shape index (κ3) is 6.42. The van der Waals surface area contributed by atoms with Gasteiger partial charge in [-0.05, 0) is 62.3 Å². The van der Waals surface area contributed by atoms with E-state index in [4.69, 9.17) is 22.1 Å². The molecule has 0 unspecified atom stereocenters. The van der Waals surface area contributed by atoms with Gasteiger partial charge in [0.1, 0.15) is 5.75 Å². The molecule has 4 nitrogen and oxygen atoms in total. The topological polar surface area (TPSA) is 64.4 Å². The van der Waals surface area contributed by atoms with E-state index in [2.05, 4.69) is 5.32 Å². The molecule has 23 heavy (non-hydrogen) atoms. The van der Waals surface area contributed by atoms with Crippen LogP contribution in [0.2, 0.25) is 5.02 Å². The number of anilines is 1. The fourth-order valence-corrected chi connectivity index (χ4v) is 3.19. The van der Waals surface area contributed by atoms with Crippen LogP contribution in [0, 0.1) is 0 Å². The van der Waals surface area contributed by atoms with Gasteiger partial charge in [0.15, 0.2) is 0 Å². The summed E-state index contributed by atoms with van der Waals surface area (Å²) < 4.78 is 5.89. The average molecular weight is 379 g/mol. The minimum atomic E-state index is -0.499. The Balaban J connectivity index is 0.00000264. The standard InChI is InChI=1S/C16H23ClN2O2S.ClH/c1-22-9-8-14(18)16(20)19-11-6-7-15(13(17)10-11)21-12-4-2-3-5-12;/h6-7,10,12,14H,2-5,8-9,18H2,1H3,(H,19,20);1H/t14-;/m0./s1. The van der Waals surface area contributed by atoms with Crippen LogP contribution in [0.15, 0.2) is 18.2 Å². The molecule has 1 aliphatic carbocycles. The van der Waals surface area contributed by atoms with E-state index >= 15 is 0 Å². The maximum absolute atomic E-state index is 12.0. The molecule has 0 bridgehead atoms. The molecule has 0 spiro atoms. The Labute approximate surface area is 153 Å². The van der Waals surface area contributed by atoms with Crippen LogP contribution in [0.1, 0.15) is 32.1 Å². The number of thioether (sulfide) groups is 1. The fraction of sp³-hybridized carbons (Fsp3) is 0.562. The Morgan fingerprint density at radius 2 is 2.17 bits per heavy atom. The Hall–Kier alpha value is -0.620. The molecule has 2 rings (SSSR count). The summed E-state index contributed by atoms with van der Waals surface area (Å²) >= 11 is 7.92. The maximum atomic E-state index is 12.0. The number of rotatable bonds is 7. The van der Waals surface area contributed by atoms with Crippen LogP contribution in [0.3, 0.4) is 0 Å². The summed E-state index contributed by atoms with van der Waals surface area (Å²) in [5.41, 5.74) is 6.49. The summed E-state index contributed by atoms with van der Waals surface area (Å²) in [6, 6.07) is 4.82. The summed E-state index contributed by atoms with van der Waals surface area (Å²) in [6.07, 6.45) is 7.50. The molecule has 1 saturated carbocycles. The smallest absolute Gasteiger partial charge is 0.241 e. The Bertz CT molecular complexity index is 511. The second kappa shape index (κ2) is 10.3. The molecule has 7 heteroatoms. The van der Waals surface area contributed by atoms with Gasteiger partial charge >= 0.3 is 0 Å². The van der Waals surface area contributed by atoms with Crippen molar-refractivity contribution < 1.29 is 9.53 Å². The van der Waals surface area contributed by atoms with Crippen LogP contribution < -0.4 is 15.8 Å². The van der Waals surface area contributed by atoms with Crippen LogP contribution in [-0.4, -0.2) is 30.1 Å². The van der Waals surface area contributed by atoms with Gasteiger partial charge in [-0.15, -0.1) is 12.4 Å². The monoisotopic (exact) mass is 378 g/mol. The van der Waals surface area contributed by atoms with Gasteiger partial charge in [0.2, 0.25) is 5.91 Å². The Morgan fingerprint density at radius 1 is 1.48 bits per heavy atom. The van der Waals surface area contributed by atoms with Crippen LogP contribution in [0.4, 0.5) is 5.69 Å². The molecular formula is C16H24Cl2N2O2S. The minimum absolute atomic E-state index is 0. The SMILES string of the molecule is CSCC[C@H](N)C(=O)Nc1ccc(OC2CCCC2)c(Cl)c1.Cl. The van der Waals surface area contributed by atoms with Crippen LogP contribution in [0.5, 0.6) is 5.75 Å². The third-order valence-electron chi connectivity index (χ3n) is 3.77. The van der Waals surface area contributed by atoms with Crippen molar-refractivity contribution in [3.8, 4) is 5.75 Å². The molecule has 0 heterocycles. The summed E-state index contributed by atoms with van der Waals surface area (Å²) in [5.74, 6) is 1.36. The van der Waals surface area contributed by atoms with Crippen LogP contribution in [-0.2, 0) is 4.79 Å². The number of amides is 1. The van der Waals surface area contributed by atoms with Crippen molar-refractivity contribution in [3.05, 3.63) is 23.2 Å². The van der Waals surface area contributed by atoms with Crippen molar-refractivity contribution in [1.82, 2.24) is 0 Å². The van der Waals surface area contributed by atoms with E-state index in [-0.39, 0.29) is 24.4 Å². The number of benzene rings is 1. The van der Waals surface area contributed by atoms with Gasteiger partial charge < -0.3 is 15.8 Å². The van der Waals surface area contributed by atoms with Crippen molar-refractivity contribution in [3.63, 3.8) is 0 Å². The van der Waals surface area contributed by atoms with Gasteiger partial charge in [-0.1, -0.05) is 11.6 Å². The zero-order valence-electron chi connectivity index (χ0n) is 13.2. The summed E-state index contributed by atoms with van der Waals surface area (Å²) in [7, 11) is 0. The molecule has 0 aromatic heterocycles. The molecule has 1 amide bonds. The van der Waals surface area contributed by atoms with Crippen molar-refractivity contribution in [2.45, 2.75) is 44.2 Å². The largest absolute Gasteiger partial charge is 0.489 e. The van der Waals surface area contributed by atoms with Crippen molar-refractivity contribution in [2.24, 2.45) is 5.73 Å². The average Bonchev–Trinajstić information content (AvgIpc) is 3.00. The maximum Gasteiger partial charge on any atom is 0.241 e. The molecular weight excluding hydrogens is 355 g/mol. The third-order valence-corrected chi connectivity index (χ3v) is 4.70. The van der Waals surface area contributed by atoms with E-state index in [0.717, 1.165) is 18.6 Å². The second-order valence-electron chi connectivity index (χ2n) is 5.55. The van der Waals surface area contributed by atoms with E-state index in [0.29, 0.717) is 22.9 Å². The Kier molecular flexibility index (Phi) is 9.14. The van der Waals surface area contributed by atoms with Gasteiger partial charge in [-0.3, -0.25) is 4.79 Å². The number of hydrogen-bond donors (Lipinski definition) is 2. The lowest BCUT2D eigenvalue weighted by Gasteiger charge is -2.16. The highest BCUT2D eigenvalue weighted by Crippen LogP contribution is 2.31. The second-order valence-corrected chi connectivity index (χ2v) is 6.94. The predicted octanol–water partition coefficient (Wildman–Crippen LogP) is 4.10. The molecule has 130 valence electrons. The number of ether oxygens (including phenoxy) is 1. The predicted molar refractivity (Wildman–Crippen MR) is 101 cm³/mol. The molecule has 1 aromatic carbocycles. The highest BCUT2D eigenvalue weighted by atomic mass is 35.5. The zero-order valence-corrected chi connectivity index (χ0v) is 15.6. The summed E-state index contributed by atoms with van der Waals surface area (Å²) in [4.78, 5) is 12.0. The van der Waals surface area contributed by atoms with E-state index in [1.807, 2.05) is 12.3 Å². The molecule has 0 saturated heterocycles. The first kappa shape index (κ1) is 20.4. The van der Waals surface area contributed by atoms with Gasteiger partial charge in [0, 0.05) is 5.69 Å². The van der Waals surface area contributed by atoms with E-state index in [1.54, 1.807) is 23.9 Å². The highest BCUT2D eigenvalue weighted by molar-refractivity contribution is 7.98. The minimum Gasteiger partial charge on any atom is -0.489 e. The van der Waals surface area contributed by atoms with E-state index in [9.17, 15) is 4.79 Å². The van der Waals surface area contributed by atoms with Gasteiger partial charge in [0.05, 0.1) is 17.2 Å². The number of carbonyl (C=O) groups excluding carboxylic acids is 1. The van der Waals surface area contributed by atoms with E-state index in [1.165, 1.54) is 12.8 Å². The van der Waals surface area contributed by atoms with Crippen molar-refractivity contribution in [1.29, 1.82) is 0 Å². The molecule has 0 aliphatic heterocycles. The molecule has 1 atom stereocenters. The molecule has 0 radical (unpaired) electrons. The summed E-state index contributed by atoms with van der Waals surface area (Å²) in [5, 5.41) is 3.32. The number of nitrogens with one attached hydrogen (secondary N) is 1. The van der Waals surface area contributed by atoms with Crippen LogP contribution in [0.25, 0.3) is 0 Å². The lowest BCUT2D eigenvalue weighted by atomic mass is 10.2.